The standard InChI is InChI=1S/C13H21NOS/c1-4-13(15)11-7-5-6-8-12(11)14(2)9-10-16-3/h5-8,13,15H,4,9-10H2,1-3H3. The topological polar surface area (TPSA) is 23.5 Å². The molecule has 90 valence electrons. The van der Waals surface area contributed by atoms with Crippen molar-refractivity contribution in [3.05, 3.63) is 29.8 Å². The molecule has 2 nitrogen and oxygen atoms in total. The predicted octanol–water partition coefficient (Wildman–Crippen LogP) is 2.93. The second kappa shape index (κ2) is 6.81. The third-order valence-corrected chi connectivity index (χ3v) is 3.32. The summed E-state index contributed by atoms with van der Waals surface area (Å²) in [7, 11) is 2.08. The number of nitrogens with zero attached hydrogens (tertiary/aromatic N) is 1. The highest BCUT2D eigenvalue weighted by Crippen LogP contribution is 2.27. The molecule has 0 radical (unpaired) electrons. The Morgan fingerprint density at radius 1 is 1.38 bits per heavy atom. The minimum Gasteiger partial charge on any atom is -0.388 e. The molecule has 1 atom stereocenters. The molecule has 0 heterocycles. The Morgan fingerprint density at radius 3 is 2.69 bits per heavy atom. The molecule has 0 spiro atoms. The van der Waals surface area contributed by atoms with Gasteiger partial charge in [0.15, 0.2) is 0 Å². The maximum absolute atomic E-state index is 9.95. The lowest BCUT2D eigenvalue weighted by Gasteiger charge is -2.24. The molecule has 0 saturated heterocycles. The Labute approximate surface area is 103 Å². The largest absolute Gasteiger partial charge is 0.388 e. The normalized spacial score (nSPS) is 12.5. The molecule has 0 saturated carbocycles. The SMILES string of the molecule is CCC(O)c1ccccc1N(C)CCSC. The van der Waals surface area contributed by atoms with Crippen molar-refractivity contribution in [1.82, 2.24) is 0 Å². The zero-order valence-corrected chi connectivity index (χ0v) is 11.1. The lowest BCUT2D eigenvalue weighted by molar-refractivity contribution is 0.174. The minimum atomic E-state index is -0.354. The molecule has 0 aliphatic rings. The van der Waals surface area contributed by atoms with Gasteiger partial charge in [0.25, 0.3) is 0 Å². The number of hydrogen-bond donors (Lipinski definition) is 1. The summed E-state index contributed by atoms with van der Waals surface area (Å²) in [4.78, 5) is 2.21. The highest BCUT2D eigenvalue weighted by molar-refractivity contribution is 7.98. The Morgan fingerprint density at radius 2 is 2.06 bits per heavy atom. The number of hydrogen-bond acceptors (Lipinski definition) is 3. The fourth-order valence-corrected chi connectivity index (χ4v) is 2.14. The summed E-state index contributed by atoms with van der Waals surface area (Å²) in [5.74, 6) is 1.10. The molecule has 0 aliphatic carbocycles. The van der Waals surface area contributed by atoms with Gasteiger partial charge < -0.3 is 10.0 Å². The van der Waals surface area contributed by atoms with E-state index in [2.05, 4.69) is 24.3 Å². The zero-order chi connectivity index (χ0) is 12.0. The van der Waals surface area contributed by atoms with E-state index in [9.17, 15) is 5.11 Å². The average molecular weight is 239 g/mol. The van der Waals surface area contributed by atoms with Crippen molar-refractivity contribution in [3.63, 3.8) is 0 Å². The van der Waals surface area contributed by atoms with E-state index in [1.54, 1.807) is 0 Å². The van der Waals surface area contributed by atoms with Crippen LogP contribution in [0.3, 0.4) is 0 Å². The van der Waals surface area contributed by atoms with Crippen molar-refractivity contribution in [1.29, 1.82) is 0 Å². The van der Waals surface area contributed by atoms with Crippen LogP contribution in [0.1, 0.15) is 25.0 Å². The van der Waals surface area contributed by atoms with Gasteiger partial charge in [-0.1, -0.05) is 25.1 Å². The summed E-state index contributed by atoms with van der Waals surface area (Å²) in [6.45, 7) is 3.01. The molecular formula is C13H21NOS. The van der Waals surface area contributed by atoms with Crippen LogP contribution in [-0.4, -0.2) is 30.7 Å². The van der Waals surface area contributed by atoms with Crippen molar-refractivity contribution in [2.24, 2.45) is 0 Å². The summed E-state index contributed by atoms with van der Waals surface area (Å²) in [5, 5.41) is 9.95. The van der Waals surface area contributed by atoms with Crippen LogP contribution in [0.4, 0.5) is 5.69 Å². The van der Waals surface area contributed by atoms with Crippen molar-refractivity contribution in [2.45, 2.75) is 19.4 Å². The smallest absolute Gasteiger partial charge is 0.0807 e. The Hall–Kier alpha value is -0.670. The molecule has 16 heavy (non-hydrogen) atoms. The predicted molar refractivity (Wildman–Crippen MR) is 73.3 cm³/mol. The number of thioether (sulfide) groups is 1. The van der Waals surface area contributed by atoms with Crippen LogP contribution >= 0.6 is 11.8 Å². The van der Waals surface area contributed by atoms with Gasteiger partial charge in [-0.3, -0.25) is 0 Å². The first-order valence-corrected chi connectivity index (χ1v) is 7.07. The van der Waals surface area contributed by atoms with Gasteiger partial charge >= 0.3 is 0 Å². The maximum atomic E-state index is 9.95. The van der Waals surface area contributed by atoms with Crippen LogP contribution in [-0.2, 0) is 0 Å². The van der Waals surface area contributed by atoms with E-state index in [-0.39, 0.29) is 6.10 Å². The van der Waals surface area contributed by atoms with Crippen LogP contribution in [0, 0.1) is 0 Å². The molecule has 1 unspecified atom stereocenters. The monoisotopic (exact) mass is 239 g/mol. The van der Waals surface area contributed by atoms with Crippen LogP contribution in [0.2, 0.25) is 0 Å². The fourth-order valence-electron chi connectivity index (χ4n) is 1.69. The number of para-hydroxylation sites is 1. The molecule has 0 bridgehead atoms. The summed E-state index contributed by atoms with van der Waals surface area (Å²) in [6.07, 6.45) is 2.52. The minimum absolute atomic E-state index is 0.354. The van der Waals surface area contributed by atoms with Crippen LogP contribution in [0.15, 0.2) is 24.3 Å². The summed E-state index contributed by atoms with van der Waals surface area (Å²) >= 11 is 1.84. The zero-order valence-electron chi connectivity index (χ0n) is 10.3. The van der Waals surface area contributed by atoms with Gasteiger partial charge in [0.2, 0.25) is 0 Å². The highest BCUT2D eigenvalue weighted by atomic mass is 32.2. The Bertz CT molecular complexity index is 317. The average Bonchev–Trinajstić information content (AvgIpc) is 2.35. The second-order valence-electron chi connectivity index (χ2n) is 3.90. The third kappa shape index (κ3) is 3.42. The van der Waals surface area contributed by atoms with E-state index in [0.717, 1.165) is 30.0 Å². The number of aliphatic hydroxyl groups is 1. The second-order valence-corrected chi connectivity index (χ2v) is 4.88. The molecule has 0 fully saturated rings. The van der Waals surface area contributed by atoms with E-state index < -0.39 is 0 Å². The van der Waals surface area contributed by atoms with E-state index in [0.29, 0.717) is 0 Å². The van der Waals surface area contributed by atoms with Crippen LogP contribution in [0.5, 0.6) is 0 Å². The summed E-state index contributed by atoms with van der Waals surface area (Å²) in [6, 6.07) is 8.10. The Balaban J connectivity index is 2.85. The van der Waals surface area contributed by atoms with Gasteiger partial charge in [-0.15, -0.1) is 0 Å². The van der Waals surface area contributed by atoms with Crippen molar-refractivity contribution < 1.29 is 5.11 Å². The van der Waals surface area contributed by atoms with E-state index in [1.807, 2.05) is 36.9 Å². The lowest BCUT2D eigenvalue weighted by atomic mass is 10.0. The first-order valence-electron chi connectivity index (χ1n) is 5.67. The molecular weight excluding hydrogens is 218 g/mol. The fraction of sp³-hybridized carbons (Fsp3) is 0.538. The van der Waals surface area contributed by atoms with Gasteiger partial charge in [0.1, 0.15) is 0 Å². The van der Waals surface area contributed by atoms with E-state index in [4.69, 9.17) is 0 Å². The molecule has 1 aromatic carbocycles. The van der Waals surface area contributed by atoms with Gasteiger partial charge in [-0.25, -0.2) is 0 Å². The van der Waals surface area contributed by atoms with E-state index in [1.165, 1.54) is 0 Å². The van der Waals surface area contributed by atoms with Crippen molar-refractivity contribution in [3.8, 4) is 0 Å². The quantitative estimate of drug-likeness (QED) is 0.825. The van der Waals surface area contributed by atoms with Crippen LogP contribution < -0.4 is 4.90 Å². The first-order chi connectivity index (χ1) is 7.70. The molecule has 1 aromatic rings. The summed E-state index contributed by atoms with van der Waals surface area (Å²) < 4.78 is 0. The van der Waals surface area contributed by atoms with Gasteiger partial charge in [0, 0.05) is 30.6 Å². The van der Waals surface area contributed by atoms with E-state index >= 15 is 0 Å². The van der Waals surface area contributed by atoms with Gasteiger partial charge in [0.05, 0.1) is 6.10 Å². The Kier molecular flexibility index (Phi) is 5.71. The van der Waals surface area contributed by atoms with Gasteiger partial charge in [-0.2, -0.15) is 11.8 Å². The number of aliphatic hydroxyl groups excluding tert-OH is 1. The molecule has 0 aliphatic heterocycles. The summed E-state index contributed by atoms with van der Waals surface area (Å²) in [5.41, 5.74) is 2.18. The van der Waals surface area contributed by atoms with Crippen LogP contribution in [0.25, 0.3) is 0 Å². The molecule has 0 aromatic heterocycles. The molecule has 3 heteroatoms. The molecule has 0 amide bonds. The molecule has 1 N–H and O–H groups in total. The van der Waals surface area contributed by atoms with Gasteiger partial charge in [-0.05, 0) is 18.7 Å². The lowest BCUT2D eigenvalue weighted by Crippen LogP contribution is -2.22. The maximum Gasteiger partial charge on any atom is 0.0807 e. The third-order valence-electron chi connectivity index (χ3n) is 2.72. The number of benzene rings is 1. The number of anilines is 1. The highest BCUT2D eigenvalue weighted by Gasteiger charge is 2.12. The number of rotatable bonds is 6. The first kappa shape index (κ1) is 13.4. The molecule has 1 rings (SSSR count). The van der Waals surface area contributed by atoms with Crippen molar-refractivity contribution in [2.75, 3.05) is 30.5 Å². The van der Waals surface area contributed by atoms with Crippen molar-refractivity contribution >= 4 is 17.4 Å².